The predicted octanol–water partition coefficient (Wildman–Crippen LogP) is 2.53. The zero-order chi connectivity index (χ0) is 13.3. The van der Waals surface area contributed by atoms with Crippen LogP contribution < -0.4 is 5.32 Å². The summed E-state index contributed by atoms with van der Waals surface area (Å²) in [6, 6.07) is 6.34. The molecule has 0 aliphatic carbocycles. The normalized spacial score (nSPS) is 23.8. The van der Waals surface area contributed by atoms with Crippen LogP contribution >= 0.6 is 0 Å². The average Bonchev–Trinajstić information content (AvgIpc) is 2.58. The highest BCUT2D eigenvalue weighted by Crippen LogP contribution is 2.28. The molecular formula is C15H22N2O. The summed E-state index contributed by atoms with van der Waals surface area (Å²) < 4.78 is 0. The maximum atomic E-state index is 12.1. The summed E-state index contributed by atoms with van der Waals surface area (Å²) >= 11 is 0. The summed E-state index contributed by atoms with van der Waals surface area (Å²) in [5, 5.41) is 3.39. The van der Waals surface area contributed by atoms with Crippen molar-refractivity contribution in [2.45, 2.75) is 46.3 Å². The van der Waals surface area contributed by atoms with E-state index < -0.39 is 0 Å². The van der Waals surface area contributed by atoms with Gasteiger partial charge in [-0.1, -0.05) is 30.7 Å². The first-order valence-corrected chi connectivity index (χ1v) is 6.68. The van der Waals surface area contributed by atoms with Gasteiger partial charge in [0.05, 0.1) is 6.04 Å². The van der Waals surface area contributed by atoms with E-state index in [1.807, 2.05) is 11.8 Å². The molecular weight excluding hydrogens is 224 g/mol. The summed E-state index contributed by atoms with van der Waals surface area (Å²) in [5.41, 5.74) is 3.72. The molecule has 0 aromatic heterocycles. The van der Waals surface area contributed by atoms with Crippen molar-refractivity contribution >= 4 is 5.91 Å². The van der Waals surface area contributed by atoms with Gasteiger partial charge in [-0.25, -0.2) is 0 Å². The fourth-order valence-electron chi connectivity index (χ4n) is 2.64. The van der Waals surface area contributed by atoms with Crippen molar-refractivity contribution in [3.05, 3.63) is 34.9 Å². The standard InChI is InChI=1S/C15H22N2O/c1-5-8-17-14(16-12(4)15(17)18)13-7-6-10(2)9-11(13)3/h6-7,9,12,14,16H,5,8H2,1-4H3. The Morgan fingerprint density at radius 2 is 2.06 bits per heavy atom. The minimum atomic E-state index is -0.0812. The number of aryl methyl sites for hydroxylation is 2. The number of carbonyl (C=O) groups excluding carboxylic acids is 1. The van der Waals surface area contributed by atoms with Crippen LogP contribution in [-0.2, 0) is 4.79 Å². The highest BCUT2D eigenvalue weighted by Gasteiger charge is 2.36. The molecule has 1 heterocycles. The number of nitrogens with zero attached hydrogens (tertiary/aromatic N) is 1. The van der Waals surface area contributed by atoms with Crippen LogP contribution in [0.25, 0.3) is 0 Å². The van der Waals surface area contributed by atoms with Gasteiger partial charge in [0.1, 0.15) is 6.17 Å². The molecule has 1 N–H and O–H groups in total. The van der Waals surface area contributed by atoms with E-state index in [-0.39, 0.29) is 18.1 Å². The van der Waals surface area contributed by atoms with Gasteiger partial charge in [0.25, 0.3) is 0 Å². The molecule has 1 fully saturated rings. The zero-order valence-corrected chi connectivity index (χ0v) is 11.7. The molecule has 1 aliphatic rings. The minimum absolute atomic E-state index is 0.0352. The molecule has 18 heavy (non-hydrogen) atoms. The number of hydrogen-bond acceptors (Lipinski definition) is 2. The van der Waals surface area contributed by atoms with Gasteiger partial charge >= 0.3 is 0 Å². The second-order valence-electron chi connectivity index (χ2n) is 5.18. The molecule has 3 nitrogen and oxygen atoms in total. The number of rotatable bonds is 3. The second kappa shape index (κ2) is 5.11. The van der Waals surface area contributed by atoms with E-state index in [0.717, 1.165) is 13.0 Å². The molecule has 2 unspecified atom stereocenters. The van der Waals surface area contributed by atoms with Crippen LogP contribution in [0, 0.1) is 13.8 Å². The summed E-state index contributed by atoms with van der Waals surface area (Å²) in [7, 11) is 0. The van der Waals surface area contributed by atoms with Crippen LogP contribution in [0.1, 0.15) is 43.1 Å². The fraction of sp³-hybridized carbons (Fsp3) is 0.533. The lowest BCUT2D eigenvalue weighted by Crippen LogP contribution is -2.31. The summed E-state index contributed by atoms with van der Waals surface area (Å²) in [5.74, 6) is 0.210. The Balaban J connectivity index is 2.33. The molecule has 2 atom stereocenters. The smallest absolute Gasteiger partial charge is 0.241 e. The molecule has 1 aromatic carbocycles. The lowest BCUT2D eigenvalue weighted by molar-refractivity contribution is -0.129. The van der Waals surface area contributed by atoms with E-state index in [9.17, 15) is 4.79 Å². The number of nitrogens with one attached hydrogen (secondary N) is 1. The highest BCUT2D eigenvalue weighted by atomic mass is 16.2. The Bertz CT molecular complexity index is 456. The molecule has 0 spiro atoms. The Kier molecular flexibility index (Phi) is 3.71. The van der Waals surface area contributed by atoms with E-state index in [1.54, 1.807) is 0 Å². The Hall–Kier alpha value is -1.35. The Labute approximate surface area is 109 Å². The van der Waals surface area contributed by atoms with Gasteiger partial charge in [-0.15, -0.1) is 0 Å². The third-order valence-corrected chi connectivity index (χ3v) is 3.56. The van der Waals surface area contributed by atoms with E-state index >= 15 is 0 Å². The number of benzene rings is 1. The van der Waals surface area contributed by atoms with Crippen molar-refractivity contribution < 1.29 is 4.79 Å². The number of carbonyl (C=O) groups is 1. The van der Waals surface area contributed by atoms with Crippen LogP contribution in [0.3, 0.4) is 0 Å². The lowest BCUT2D eigenvalue weighted by Gasteiger charge is -2.25. The maximum Gasteiger partial charge on any atom is 0.241 e. The van der Waals surface area contributed by atoms with E-state index in [2.05, 4.69) is 44.3 Å². The van der Waals surface area contributed by atoms with Crippen molar-refractivity contribution in [2.24, 2.45) is 0 Å². The van der Waals surface area contributed by atoms with Gasteiger partial charge in [0.15, 0.2) is 0 Å². The fourth-order valence-corrected chi connectivity index (χ4v) is 2.64. The summed E-state index contributed by atoms with van der Waals surface area (Å²) in [4.78, 5) is 14.1. The largest absolute Gasteiger partial charge is 0.322 e. The van der Waals surface area contributed by atoms with Crippen molar-refractivity contribution in [3.8, 4) is 0 Å². The summed E-state index contributed by atoms with van der Waals surface area (Å²) in [6.45, 7) is 9.07. The molecule has 1 aromatic rings. The minimum Gasteiger partial charge on any atom is -0.322 e. The molecule has 0 saturated carbocycles. The SMILES string of the molecule is CCCN1C(=O)C(C)NC1c1ccc(C)cc1C. The van der Waals surface area contributed by atoms with Crippen molar-refractivity contribution in [2.75, 3.05) is 6.54 Å². The number of hydrogen-bond donors (Lipinski definition) is 1. The van der Waals surface area contributed by atoms with Crippen LogP contribution in [0.2, 0.25) is 0 Å². The molecule has 2 rings (SSSR count). The topological polar surface area (TPSA) is 32.3 Å². The quantitative estimate of drug-likeness (QED) is 0.889. The van der Waals surface area contributed by atoms with E-state index in [0.29, 0.717) is 0 Å². The monoisotopic (exact) mass is 246 g/mol. The van der Waals surface area contributed by atoms with Gasteiger partial charge in [0, 0.05) is 6.54 Å². The summed E-state index contributed by atoms with van der Waals surface area (Å²) in [6.07, 6.45) is 1.02. The lowest BCUT2D eigenvalue weighted by atomic mass is 10.0. The van der Waals surface area contributed by atoms with Gasteiger partial charge in [-0.3, -0.25) is 10.1 Å². The third kappa shape index (κ3) is 2.27. The van der Waals surface area contributed by atoms with Gasteiger partial charge in [0.2, 0.25) is 5.91 Å². The molecule has 0 bridgehead atoms. The molecule has 0 radical (unpaired) electrons. The first-order valence-electron chi connectivity index (χ1n) is 6.68. The molecule has 1 aliphatic heterocycles. The zero-order valence-electron chi connectivity index (χ0n) is 11.7. The molecule has 1 saturated heterocycles. The molecule has 3 heteroatoms. The Morgan fingerprint density at radius 3 is 2.67 bits per heavy atom. The Morgan fingerprint density at radius 1 is 1.33 bits per heavy atom. The average molecular weight is 246 g/mol. The van der Waals surface area contributed by atoms with Gasteiger partial charge < -0.3 is 4.90 Å². The van der Waals surface area contributed by atoms with Crippen molar-refractivity contribution in [1.82, 2.24) is 10.2 Å². The van der Waals surface area contributed by atoms with Gasteiger partial charge in [-0.2, -0.15) is 0 Å². The predicted molar refractivity (Wildman–Crippen MR) is 73.3 cm³/mol. The molecule has 1 amide bonds. The first kappa shape index (κ1) is 13.1. The van der Waals surface area contributed by atoms with E-state index in [4.69, 9.17) is 0 Å². The third-order valence-electron chi connectivity index (χ3n) is 3.56. The van der Waals surface area contributed by atoms with Gasteiger partial charge in [-0.05, 0) is 38.3 Å². The first-order chi connectivity index (χ1) is 8.54. The second-order valence-corrected chi connectivity index (χ2v) is 5.18. The number of amides is 1. The van der Waals surface area contributed by atoms with Crippen molar-refractivity contribution in [3.63, 3.8) is 0 Å². The van der Waals surface area contributed by atoms with Crippen LogP contribution in [-0.4, -0.2) is 23.4 Å². The van der Waals surface area contributed by atoms with E-state index in [1.165, 1.54) is 16.7 Å². The maximum absolute atomic E-state index is 12.1. The van der Waals surface area contributed by atoms with Crippen LogP contribution in [0.5, 0.6) is 0 Å². The van der Waals surface area contributed by atoms with Crippen molar-refractivity contribution in [1.29, 1.82) is 0 Å². The highest BCUT2D eigenvalue weighted by molar-refractivity contribution is 5.84. The van der Waals surface area contributed by atoms with Crippen LogP contribution in [0.15, 0.2) is 18.2 Å². The molecule has 98 valence electrons. The van der Waals surface area contributed by atoms with Crippen LogP contribution in [0.4, 0.5) is 0 Å².